The summed E-state index contributed by atoms with van der Waals surface area (Å²) >= 11 is 0. The molecule has 0 aromatic heterocycles. The summed E-state index contributed by atoms with van der Waals surface area (Å²) in [6.07, 6.45) is 0. The first-order valence-electron chi connectivity index (χ1n) is 13.5. The van der Waals surface area contributed by atoms with Gasteiger partial charge in [0.2, 0.25) is 10.0 Å². The van der Waals surface area contributed by atoms with Gasteiger partial charge in [-0.2, -0.15) is 4.31 Å². The number of sulfonamides is 1. The van der Waals surface area contributed by atoms with E-state index in [0.29, 0.717) is 39.3 Å². The molecule has 0 aliphatic carbocycles. The molecule has 8 nitrogen and oxygen atoms in total. The summed E-state index contributed by atoms with van der Waals surface area (Å²) in [5.74, 6) is 0.172. The quantitative estimate of drug-likeness (QED) is 0.348. The predicted molar refractivity (Wildman–Crippen MR) is 162 cm³/mol. The highest BCUT2D eigenvalue weighted by atomic mass is 32.2. The minimum Gasteiger partial charge on any atom is -0.495 e. The van der Waals surface area contributed by atoms with Crippen molar-refractivity contribution < 1.29 is 27.6 Å². The summed E-state index contributed by atoms with van der Waals surface area (Å²) in [4.78, 5) is 2.17. The average Bonchev–Trinajstić information content (AvgIpc) is 2.95. The van der Waals surface area contributed by atoms with Crippen molar-refractivity contribution in [1.82, 2.24) is 9.21 Å². The van der Waals surface area contributed by atoms with Crippen LogP contribution >= 0.6 is 0 Å². The van der Waals surface area contributed by atoms with E-state index in [4.69, 9.17) is 9.16 Å². The van der Waals surface area contributed by atoms with Gasteiger partial charge >= 0.3 is 7.12 Å². The smallest absolute Gasteiger partial charge is 0.488 e. The van der Waals surface area contributed by atoms with Crippen molar-refractivity contribution in [1.29, 1.82) is 0 Å². The van der Waals surface area contributed by atoms with E-state index in [1.54, 1.807) is 0 Å². The Balaban J connectivity index is 1.47. The van der Waals surface area contributed by atoms with Crippen LogP contribution in [0.5, 0.6) is 5.75 Å². The third-order valence-corrected chi connectivity index (χ3v) is 14.5. The number of rotatable bonds is 10. The molecule has 0 bridgehead atoms. The minimum atomic E-state index is -3.88. The van der Waals surface area contributed by atoms with Gasteiger partial charge in [0.05, 0.1) is 7.11 Å². The number of hydrogen-bond acceptors (Lipinski definition) is 7. The van der Waals surface area contributed by atoms with Crippen LogP contribution < -0.4 is 20.6 Å². The van der Waals surface area contributed by atoms with Crippen LogP contribution in [0.3, 0.4) is 0 Å². The number of ether oxygens (including phenoxy) is 1. The molecule has 0 saturated carbocycles. The van der Waals surface area contributed by atoms with Gasteiger partial charge in [-0.05, 0) is 33.0 Å². The van der Waals surface area contributed by atoms with Gasteiger partial charge in [0.1, 0.15) is 10.6 Å². The molecule has 3 aromatic carbocycles. The molecule has 2 N–H and O–H groups in total. The van der Waals surface area contributed by atoms with Crippen molar-refractivity contribution in [3.05, 3.63) is 78.9 Å². The molecule has 1 heterocycles. The van der Waals surface area contributed by atoms with Crippen molar-refractivity contribution in [2.75, 3.05) is 46.4 Å². The lowest BCUT2D eigenvalue weighted by Gasteiger charge is -2.43. The third-order valence-electron chi connectivity index (χ3n) is 7.58. The number of methoxy groups -OCH3 is 1. The highest BCUT2D eigenvalue weighted by molar-refractivity contribution is 7.89. The van der Waals surface area contributed by atoms with E-state index in [1.807, 2.05) is 12.1 Å². The van der Waals surface area contributed by atoms with Crippen LogP contribution in [0.1, 0.15) is 20.8 Å². The normalized spacial score (nSPS) is 15.7. The number of nitrogens with zero attached hydrogens (tertiary/aromatic N) is 2. The number of piperazine rings is 1. The molecule has 0 unspecified atom stereocenters. The highest BCUT2D eigenvalue weighted by Gasteiger charge is 2.50. The Hall–Kier alpha value is -2.51. The van der Waals surface area contributed by atoms with Gasteiger partial charge in [-0.1, -0.05) is 87.5 Å². The van der Waals surface area contributed by atoms with E-state index in [9.17, 15) is 18.5 Å². The lowest BCUT2D eigenvalue weighted by Crippen LogP contribution is -2.67. The second kappa shape index (κ2) is 12.6. The molecule has 0 radical (unpaired) electrons. The van der Waals surface area contributed by atoms with E-state index in [1.165, 1.54) is 40.0 Å². The van der Waals surface area contributed by atoms with Crippen LogP contribution in [-0.2, 0) is 14.4 Å². The maximum absolute atomic E-state index is 13.5. The SMILES string of the molecule is COc1ccc(B(O)O)cc1S(=O)(=O)N1CCN(CCO[Si](c2ccccc2)(c2ccccc2)C(C)(C)C)CC1. The minimum absolute atomic E-state index is 0.0657. The molecule has 1 fully saturated rings. The molecule has 1 aliphatic heterocycles. The molecule has 0 spiro atoms. The topological polar surface area (TPSA) is 99.5 Å². The van der Waals surface area contributed by atoms with Crippen LogP contribution in [0.25, 0.3) is 0 Å². The zero-order chi connectivity index (χ0) is 29.0. The summed E-state index contributed by atoms with van der Waals surface area (Å²) < 4.78 is 40.6. The Morgan fingerprint density at radius 1 is 0.875 bits per heavy atom. The Morgan fingerprint density at radius 3 is 1.90 bits per heavy atom. The van der Waals surface area contributed by atoms with Crippen molar-refractivity contribution in [3.63, 3.8) is 0 Å². The zero-order valence-electron chi connectivity index (χ0n) is 23.7. The maximum Gasteiger partial charge on any atom is 0.488 e. The first kappa shape index (κ1) is 30.5. The van der Waals surface area contributed by atoms with Crippen molar-refractivity contribution in [3.8, 4) is 5.75 Å². The van der Waals surface area contributed by atoms with E-state index in [2.05, 4.69) is 74.2 Å². The van der Waals surface area contributed by atoms with Crippen molar-refractivity contribution in [2.24, 2.45) is 0 Å². The summed E-state index contributed by atoms with van der Waals surface area (Å²) in [6, 6.07) is 25.2. The lowest BCUT2D eigenvalue weighted by atomic mass is 9.80. The monoisotopic (exact) mass is 582 g/mol. The second-order valence-electron chi connectivity index (χ2n) is 11.0. The van der Waals surface area contributed by atoms with Crippen LogP contribution in [0, 0.1) is 0 Å². The standard InChI is InChI=1S/C29H39BN2O6SSi/c1-29(2,3)40(25-11-7-5-8-12-25,26-13-9-6-10-14-26)38-22-21-31-17-19-32(20-18-31)39(35,36)28-23-24(30(33)34)15-16-27(28)37-4/h5-16,23,33-34H,17-22H2,1-4H3. The van der Waals surface area contributed by atoms with Crippen LogP contribution in [0.2, 0.25) is 5.04 Å². The highest BCUT2D eigenvalue weighted by Crippen LogP contribution is 2.36. The van der Waals surface area contributed by atoms with Crippen molar-refractivity contribution >= 4 is 41.3 Å². The summed E-state index contributed by atoms with van der Waals surface area (Å²) in [6.45, 7) is 9.74. The molecular weight excluding hydrogens is 543 g/mol. The van der Waals surface area contributed by atoms with Gasteiger partial charge in [0.15, 0.2) is 0 Å². The second-order valence-corrected chi connectivity index (χ2v) is 17.3. The van der Waals surface area contributed by atoms with E-state index in [0.717, 1.165) is 0 Å². The van der Waals surface area contributed by atoms with Crippen LogP contribution in [0.4, 0.5) is 0 Å². The molecule has 1 saturated heterocycles. The fourth-order valence-corrected chi connectivity index (χ4v) is 11.6. The van der Waals surface area contributed by atoms with Crippen molar-refractivity contribution in [2.45, 2.75) is 30.7 Å². The summed E-state index contributed by atoms with van der Waals surface area (Å²) in [7, 11) is -6.89. The fourth-order valence-electron chi connectivity index (χ4n) is 5.48. The van der Waals surface area contributed by atoms with Crippen LogP contribution in [-0.4, -0.2) is 89.5 Å². The average molecular weight is 583 g/mol. The first-order chi connectivity index (χ1) is 19.0. The third kappa shape index (κ3) is 6.20. The number of hydrogen-bond donors (Lipinski definition) is 2. The van der Waals surface area contributed by atoms with E-state index < -0.39 is 25.5 Å². The summed E-state index contributed by atoms with van der Waals surface area (Å²) in [5.41, 5.74) is 0.0958. The summed E-state index contributed by atoms with van der Waals surface area (Å²) in [5, 5.41) is 21.4. The van der Waals surface area contributed by atoms with Gasteiger partial charge in [0.25, 0.3) is 8.32 Å². The Kier molecular flexibility index (Phi) is 9.56. The number of benzene rings is 3. The fraction of sp³-hybridized carbons (Fsp3) is 0.379. The van der Waals surface area contributed by atoms with Crippen LogP contribution in [0.15, 0.2) is 83.8 Å². The first-order valence-corrected chi connectivity index (χ1v) is 16.9. The molecule has 0 amide bonds. The van der Waals surface area contributed by atoms with Gasteiger partial charge in [0, 0.05) is 39.3 Å². The van der Waals surface area contributed by atoms with Gasteiger partial charge in [-0.15, -0.1) is 0 Å². The predicted octanol–water partition coefficient (Wildman–Crippen LogP) is 1.26. The van der Waals surface area contributed by atoms with Gasteiger partial charge in [-0.25, -0.2) is 8.42 Å². The molecule has 11 heteroatoms. The molecular formula is C29H39BN2O6SSi. The van der Waals surface area contributed by atoms with Gasteiger partial charge in [-0.3, -0.25) is 4.90 Å². The molecule has 0 atom stereocenters. The molecule has 3 aromatic rings. The molecule has 1 aliphatic rings. The Bertz CT molecular complexity index is 1320. The molecule has 4 rings (SSSR count). The zero-order valence-corrected chi connectivity index (χ0v) is 25.5. The van der Waals surface area contributed by atoms with E-state index >= 15 is 0 Å². The Labute approximate surface area is 239 Å². The maximum atomic E-state index is 13.5. The Morgan fingerprint density at radius 2 is 1.43 bits per heavy atom. The largest absolute Gasteiger partial charge is 0.495 e. The van der Waals surface area contributed by atoms with E-state index in [-0.39, 0.29) is 21.1 Å². The molecule has 214 valence electrons. The lowest BCUT2D eigenvalue weighted by molar-refractivity contribution is 0.155. The molecule has 40 heavy (non-hydrogen) atoms. The van der Waals surface area contributed by atoms with Gasteiger partial charge < -0.3 is 19.2 Å².